The van der Waals surface area contributed by atoms with Crippen LogP contribution >= 0.6 is 0 Å². The number of sulfone groups is 1. The van der Waals surface area contributed by atoms with Gasteiger partial charge in [0.05, 0.1) is 5.75 Å². The molecule has 0 spiro atoms. The van der Waals surface area contributed by atoms with E-state index in [9.17, 15) is 13.2 Å². The van der Waals surface area contributed by atoms with E-state index in [0.717, 1.165) is 0 Å². The van der Waals surface area contributed by atoms with Crippen molar-refractivity contribution in [1.82, 2.24) is 0 Å². The number of hydrogen-bond donors (Lipinski definition) is 0. The van der Waals surface area contributed by atoms with Crippen LogP contribution in [0.3, 0.4) is 0 Å². The van der Waals surface area contributed by atoms with Crippen LogP contribution in [0.1, 0.15) is 32.6 Å². The van der Waals surface area contributed by atoms with E-state index >= 15 is 0 Å². The topological polar surface area (TPSA) is 69.7 Å². The first-order chi connectivity index (χ1) is 8.46. The van der Waals surface area contributed by atoms with E-state index in [1.807, 2.05) is 0 Å². The van der Waals surface area contributed by atoms with E-state index in [1.165, 1.54) is 7.11 Å². The summed E-state index contributed by atoms with van der Waals surface area (Å²) in [5.74, 6) is 0.204. The summed E-state index contributed by atoms with van der Waals surface area (Å²) < 4.78 is 33.3. The lowest BCUT2D eigenvalue weighted by Crippen LogP contribution is -2.45. The molecule has 0 atom stereocenters. The lowest BCUT2D eigenvalue weighted by molar-refractivity contribution is -0.152. The molecule has 0 aromatic rings. The van der Waals surface area contributed by atoms with Gasteiger partial charge in [0, 0.05) is 45.3 Å². The van der Waals surface area contributed by atoms with Crippen molar-refractivity contribution in [3.8, 4) is 0 Å². The summed E-state index contributed by atoms with van der Waals surface area (Å²) in [6.45, 7) is 2.66. The Morgan fingerprint density at radius 2 is 1.94 bits per heavy atom. The van der Waals surface area contributed by atoms with Crippen molar-refractivity contribution in [2.75, 3.05) is 31.8 Å². The highest BCUT2D eigenvalue weighted by molar-refractivity contribution is 7.91. The Labute approximate surface area is 109 Å². The van der Waals surface area contributed by atoms with Crippen LogP contribution in [0.15, 0.2) is 0 Å². The molecule has 1 aliphatic heterocycles. The molecule has 18 heavy (non-hydrogen) atoms. The highest BCUT2D eigenvalue weighted by Crippen LogP contribution is 2.27. The smallest absolute Gasteiger partial charge is 0.164 e. The molecule has 0 aliphatic carbocycles. The Balaban J connectivity index is 2.48. The van der Waals surface area contributed by atoms with Crippen molar-refractivity contribution in [3.63, 3.8) is 0 Å². The second-order valence-corrected chi connectivity index (χ2v) is 7.05. The Morgan fingerprint density at radius 1 is 1.33 bits per heavy atom. The van der Waals surface area contributed by atoms with Gasteiger partial charge in [0.25, 0.3) is 0 Å². The third kappa shape index (κ3) is 4.03. The molecule has 0 aromatic heterocycles. The lowest BCUT2D eigenvalue weighted by Gasteiger charge is -2.34. The van der Waals surface area contributed by atoms with Crippen molar-refractivity contribution in [2.45, 2.75) is 38.2 Å². The van der Waals surface area contributed by atoms with Gasteiger partial charge in [-0.1, -0.05) is 6.92 Å². The van der Waals surface area contributed by atoms with Crippen LogP contribution in [0.5, 0.6) is 0 Å². The first kappa shape index (κ1) is 15.6. The van der Waals surface area contributed by atoms with Crippen LogP contribution in [0.4, 0.5) is 0 Å². The first-order valence-electron chi connectivity index (χ1n) is 6.32. The first-order valence-corrected chi connectivity index (χ1v) is 8.14. The maximum absolute atomic E-state index is 12.1. The summed E-state index contributed by atoms with van der Waals surface area (Å²) in [5.41, 5.74) is -0.756. The number of ketones is 1. The van der Waals surface area contributed by atoms with Gasteiger partial charge in [-0.15, -0.1) is 0 Å². The number of hydrogen-bond acceptors (Lipinski definition) is 5. The molecule has 1 rings (SSSR count). The van der Waals surface area contributed by atoms with Gasteiger partial charge in [-0.3, -0.25) is 4.79 Å². The third-order valence-corrected chi connectivity index (χ3v) is 5.29. The summed E-state index contributed by atoms with van der Waals surface area (Å²) in [5, 5.41) is 0. The molecular weight excluding hydrogens is 256 g/mol. The minimum atomic E-state index is -2.99. The van der Waals surface area contributed by atoms with Gasteiger partial charge in [0.1, 0.15) is 15.4 Å². The molecule has 1 fully saturated rings. The fourth-order valence-corrected chi connectivity index (χ4v) is 3.00. The molecule has 1 aliphatic rings. The van der Waals surface area contributed by atoms with Gasteiger partial charge in [-0.05, 0) is 6.42 Å². The van der Waals surface area contributed by atoms with E-state index in [2.05, 4.69) is 0 Å². The molecule has 106 valence electrons. The Hall–Kier alpha value is -0.460. The molecule has 0 amide bonds. The van der Waals surface area contributed by atoms with Crippen molar-refractivity contribution in [1.29, 1.82) is 0 Å². The van der Waals surface area contributed by atoms with Crippen LogP contribution < -0.4 is 0 Å². The molecule has 1 heterocycles. The molecule has 6 heteroatoms. The number of ether oxygens (including phenoxy) is 2. The molecule has 5 nitrogen and oxygen atoms in total. The molecule has 0 bridgehead atoms. The van der Waals surface area contributed by atoms with E-state index in [0.29, 0.717) is 32.5 Å². The number of carbonyl (C=O) groups excluding carboxylic acids is 1. The van der Waals surface area contributed by atoms with Gasteiger partial charge in [-0.2, -0.15) is 0 Å². The van der Waals surface area contributed by atoms with E-state index in [-0.39, 0.29) is 23.7 Å². The van der Waals surface area contributed by atoms with Crippen LogP contribution in [0.25, 0.3) is 0 Å². The largest absolute Gasteiger partial charge is 0.381 e. The Bertz CT molecular complexity index is 368. The maximum atomic E-state index is 12.1. The summed E-state index contributed by atoms with van der Waals surface area (Å²) in [6.07, 6.45) is 1.75. The van der Waals surface area contributed by atoms with Crippen molar-refractivity contribution >= 4 is 15.6 Å². The van der Waals surface area contributed by atoms with Crippen LogP contribution in [0, 0.1) is 0 Å². The minimum absolute atomic E-state index is 0.000368. The highest BCUT2D eigenvalue weighted by atomic mass is 32.2. The fraction of sp³-hybridized carbons (Fsp3) is 0.917. The zero-order valence-electron chi connectivity index (χ0n) is 11.1. The van der Waals surface area contributed by atoms with Crippen LogP contribution in [-0.4, -0.2) is 51.6 Å². The lowest BCUT2D eigenvalue weighted by atomic mass is 9.87. The molecule has 0 unspecified atom stereocenters. The Morgan fingerprint density at radius 3 is 2.44 bits per heavy atom. The second kappa shape index (κ2) is 6.63. The van der Waals surface area contributed by atoms with Crippen molar-refractivity contribution in [2.24, 2.45) is 0 Å². The third-order valence-electron chi connectivity index (χ3n) is 3.50. The van der Waals surface area contributed by atoms with Gasteiger partial charge >= 0.3 is 0 Å². The monoisotopic (exact) mass is 278 g/mol. The van der Waals surface area contributed by atoms with E-state index in [1.54, 1.807) is 6.92 Å². The van der Waals surface area contributed by atoms with Crippen LogP contribution in [-0.2, 0) is 24.1 Å². The van der Waals surface area contributed by atoms with Crippen molar-refractivity contribution < 1.29 is 22.7 Å². The summed E-state index contributed by atoms with van der Waals surface area (Å²) in [7, 11) is -1.46. The van der Waals surface area contributed by atoms with Gasteiger partial charge in [-0.25, -0.2) is 8.42 Å². The molecule has 0 N–H and O–H groups in total. The standard InChI is InChI=1S/C12H22O5S/c1-3-18(14,15)10-4-5-11(13)12(16-2)6-8-17-9-7-12/h3-10H2,1-2H3. The fourth-order valence-electron chi connectivity index (χ4n) is 2.12. The zero-order valence-corrected chi connectivity index (χ0v) is 11.9. The number of methoxy groups -OCH3 is 1. The van der Waals surface area contributed by atoms with Crippen molar-refractivity contribution in [3.05, 3.63) is 0 Å². The predicted octanol–water partition coefficient (Wildman–Crippen LogP) is 0.966. The van der Waals surface area contributed by atoms with Gasteiger partial charge < -0.3 is 9.47 Å². The summed E-state index contributed by atoms with van der Waals surface area (Å²) in [4.78, 5) is 12.1. The highest BCUT2D eigenvalue weighted by Gasteiger charge is 2.39. The second-order valence-electron chi connectivity index (χ2n) is 4.57. The molecule has 0 aromatic carbocycles. The van der Waals surface area contributed by atoms with E-state index in [4.69, 9.17) is 9.47 Å². The predicted molar refractivity (Wildman–Crippen MR) is 68.4 cm³/mol. The summed E-state index contributed by atoms with van der Waals surface area (Å²) >= 11 is 0. The van der Waals surface area contributed by atoms with Crippen LogP contribution in [0.2, 0.25) is 0 Å². The SMILES string of the molecule is CCS(=O)(=O)CCCC(=O)C1(OC)CCOCC1. The quantitative estimate of drug-likeness (QED) is 0.694. The van der Waals surface area contributed by atoms with Gasteiger partial charge in [0.15, 0.2) is 5.78 Å². The number of Topliss-reactive ketones (excluding diaryl/α,β-unsaturated/α-hetero) is 1. The zero-order chi connectivity index (χ0) is 13.6. The summed E-state index contributed by atoms with van der Waals surface area (Å²) in [6, 6.07) is 0. The average Bonchev–Trinajstić information content (AvgIpc) is 2.39. The average molecular weight is 278 g/mol. The van der Waals surface area contributed by atoms with E-state index < -0.39 is 15.4 Å². The molecule has 0 saturated carbocycles. The molecule has 1 saturated heterocycles. The normalized spacial score (nSPS) is 19.7. The molecular formula is C12H22O5S. The van der Waals surface area contributed by atoms with Gasteiger partial charge in [0.2, 0.25) is 0 Å². The number of rotatable bonds is 7. The number of carbonyl (C=O) groups is 1. The maximum Gasteiger partial charge on any atom is 0.164 e. The minimum Gasteiger partial charge on any atom is -0.381 e. The molecule has 0 radical (unpaired) electrons. The Kier molecular flexibility index (Phi) is 5.75.